The third-order valence-electron chi connectivity index (χ3n) is 14.0. The molecule has 76 heavy (non-hydrogen) atoms. The van der Waals surface area contributed by atoms with Crippen molar-refractivity contribution in [3.8, 4) is 64.0 Å². The van der Waals surface area contributed by atoms with Gasteiger partial charge in [-0.2, -0.15) is 0 Å². The van der Waals surface area contributed by atoms with Crippen molar-refractivity contribution in [2.24, 2.45) is 0 Å². The quantitative estimate of drug-likeness (QED) is 0.100. The summed E-state index contributed by atoms with van der Waals surface area (Å²) in [5.74, 6) is 0. The van der Waals surface area contributed by atoms with Crippen molar-refractivity contribution in [3.63, 3.8) is 0 Å². The predicted molar refractivity (Wildman–Crippen MR) is 330 cm³/mol. The van der Waals surface area contributed by atoms with E-state index in [0.717, 1.165) is 39.7 Å². The maximum Gasteiger partial charge on any atom is 0.0468 e. The van der Waals surface area contributed by atoms with Crippen molar-refractivity contribution >= 4 is 62.3 Å². The Balaban J connectivity index is 1.13. The fourth-order valence-corrected chi connectivity index (χ4v) is 12.6. The smallest absolute Gasteiger partial charge is 0.0468 e. The standard InChI is InChI=1S/C72H54N2S2/c1-3-22-57(23-4-2)73(58-32-14-7-15-33-58)61-38-41-63-64(42-39-61)72(56-31-21-29-54(49-56)70-47-45-68(76-70)52-26-12-6-13-27-52)66-50-62(74(59-34-16-8-17-35-59)60-36-18-9-19-37-60)40-43-65(66)71(63)55-30-20-28-53(48-55)69-46-44-67(75-69)51-24-10-5-11-25-51/h3-40,42-50H,1,41H2,2H3/b23-4-,57-22+. The summed E-state index contributed by atoms with van der Waals surface area (Å²) in [6.07, 6.45) is 16.1. The topological polar surface area (TPSA) is 6.48 Å². The van der Waals surface area contributed by atoms with Crippen LogP contribution in [-0.2, 0) is 6.42 Å². The van der Waals surface area contributed by atoms with E-state index in [1.54, 1.807) is 0 Å². The molecule has 0 bridgehead atoms. The SMILES string of the molecule is C=C/C=C(\C=C/C)N(C1=CCc2c(c(-c3cccc(-c4ccc(-c5ccccc5)s4)c3)c3cc(N(c4ccccc4)c4ccccc4)ccc3c2-c2cccc(-c3ccc(-c4ccccc4)s3)c2)C=C1)c1ccccc1. The normalized spacial score (nSPS) is 12.3. The van der Waals surface area contributed by atoms with Crippen molar-refractivity contribution in [1.29, 1.82) is 0 Å². The summed E-state index contributed by atoms with van der Waals surface area (Å²) in [5.41, 5.74) is 18.6. The summed E-state index contributed by atoms with van der Waals surface area (Å²) in [7, 11) is 0. The van der Waals surface area contributed by atoms with Gasteiger partial charge in [0.05, 0.1) is 0 Å². The molecule has 0 fully saturated rings. The number of hydrogen-bond donors (Lipinski definition) is 0. The molecule has 364 valence electrons. The van der Waals surface area contributed by atoms with Gasteiger partial charge < -0.3 is 9.80 Å². The summed E-state index contributed by atoms with van der Waals surface area (Å²) in [5, 5.41) is 2.38. The number of allylic oxidation sites excluding steroid dienone is 6. The van der Waals surface area contributed by atoms with E-state index in [1.165, 1.54) is 80.4 Å². The van der Waals surface area contributed by atoms with Gasteiger partial charge in [0, 0.05) is 53.7 Å². The first-order valence-electron chi connectivity index (χ1n) is 25.9. The predicted octanol–water partition coefficient (Wildman–Crippen LogP) is 21.0. The molecule has 0 saturated carbocycles. The van der Waals surface area contributed by atoms with Gasteiger partial charge in [-0.05, 0) is 183 Å². The van der Waals surface area contributed by atoms with Gasteiger partial charge in [-0.15, -0.1) is 22.7 Å². The Morgan fingerprint density at radius 3 is 1.43 bits per heavy atom. The molecule has 0 amide bonds. The van der Waals surface area contributed by atoms with Gasteiger partial charge >= 0.3 is 0 Å². The maximum atomic E-state index is 4.15. The lowest BCUT2D eigenvalue weighted by Crippen LogP contribution is -2.20. The Hall–Kier alpha value is -9.06. The number of benzene rings is 9. The van der Waals surface area contributed by atoms with Gasteiger partial charge in [-0.3, -0.25) is 0 Å². The number of nitrogens with zero attached hydrogens (tertiary/aromatic N) is 2. The molecule has 0 unspecified atom stereocenters. The maximum absolute atomic E-state index is 4.15. The zero-order valence-electron chi connectivity index (χ0n) is 42.3. The number of fused-ring (bicyclic) bond motifs is 2. The molecule has 4 heteroatoms. The second-order valence-electron chi connectivity index (χ2n) is 18.8. The molecule has 0 atom stereocenters. The first kappa shape index (κ1) is 47.9. The van der Waals surface area contributed by atoms with Crippen molar-refractivity contribution in [1.82, 2.24) is 0 Å². The number of rotatable bonds is 14. The summed E-state index contributed by atoms with van der Waals surface area (Å²) >= 11 is 3.68. The molecular weight excluding hydrogens is 957 g/mol. The highest BCUT2D eigenvalue weighted by Crippen LogP contribution is 2.49. The Morgan fingerprint density at radius 2 is 0.908 bits per heavy atom. The Labute approximate surface area is 454 Å². The Morgan fingerprint density at radius 1 is 0.434 bits per heavy atom. The first-order chi connectivity index (χ1) is 37.6. The van der Waals surface area contributed by atoms with Crippen LogP contribution in [-0.4, -0.2) is 0 Å². The minimum Gasteiger partial charge on any atom is -0.311 e. The molecule has 2 aromatic heterocycles. The summed E-state index contributed by atoms with van der Waals surface area (Å²) in [6, 6.07) is 88.2. The van der Waals surface area contributed by atoms with Crippen LogP contribution in [0.3, 0.4) is 0 Å². The van der Waals surface area contributed by atoms with E-state index < -0.39 is 0 Å². The average Bonchev–Trinajstić information content (AvgIpc) is 4.23. The second-order valence-corrected chi connectivity index (χ2v) is 20.9. The van der Waals surface area contributed by atoms with E-state index in [9.17, 15) is 0 Å². The van der Waals surface area contributed by atoms with Crippen LogP contribution < -0.4 is 9.80 Å². The van der Waals surface area contributed by atoms with Gasteiger partial charge in [0.1, 0.15) is 0 Å². The highest BCUT2D eigenvalue weighted by Gasteiger charge is 2.26. The molecular formula is C72H54N2S2. The number of anilines is 4. The third-order valence-corrected chi connectivity index (χ3v) is 16.4. The van der Waals surface area contributed by atoms with Crippen LogP contribution in [0, 0.1) is 0 Å². The molecule has 2 heterocycles. The van der Waals surface area contributed by atoms with Gasteiger partial charge in [0.25, 0.3) is 0 Å². The van der Waals surface area contributed by atoms with Crippen LogP contribution in [0.5, 0.6) is 0 Å². The van der Waals surface area contributed by atoms with Crippen LogP contribution in [0.4, 0.5) is 22.7 Å². The van der Waals surface area contributed by atoms with Gasteiger partial charge in [-0.1, -0.05) is 189 Å². The molecule has 2 nitrogen and oxygen atoms in total. The molecule has 1 aliphatic rings. The van der Waals surface area contributed by atoms with Crippen LogP contribution in [0.2, 0.25) is 0 Å². The summed E-state index contributed by atoms with van der Waals surface area (Å²) in [4.78, 5) is 9.71. The monoisotopic (exact) mass is 1010 g/mol. The molecule has 0 aliphatic heterocycles. The lowest BCUT2D eigenvalue weighted by molar-refractivity contribution is 1.12. The minimum atomic E-state index is 0.685. The van der Waals surface area contributed by atoms with Gasteiger partial charge in [-0.25, -0.2) is 0 Å². The average molecular weight is 1010 g/mol. The fourth-order valence-electron chi connectivity index (χ4n) is 10.6. The summed E-state index contributed by atoms with van der Waals surface area (Å²) < 4.78 is 0. The Kier molecular flexibility index (Phi) is 13.7. The molecule has 1 aliphatic carbocycles. The van der Waals surface area contributed by atoms with E-state index >= 15 is 0 Å². The Bertz CT molecular complexity index is 3930. The first-order valence-corrected chi connectivity index (χ1v) is 27.5. The molecule has 0 saturated heterocycles. The number of thiophene rings is 2. The molecule has 0 spiro atoms. The van der Waals surface area contributed by atoms with E-state index in [1.807, 2.05) is 28.7 Å². The van der Waals surface area contributed by atoms with E-state index in [4.69, 9.17) is 0 Å². The van der Waals surface area contributed by atoms with Crippen molar-refractivity contribution < 1.29 is 0 Å². The van der Waals surface area contributed by atoms with Gasteiger partial charge in [0.2, 0.25) is 0 Å². The third kappa shape index (κ3) is 9.64. The molecule has 12 rings (SSSR count). The minimum absolute atomic E-state index is 0.685. The largest absolute Gasteiger partial charge is 0.311 e. The van der Waals surface area contributed by atoms with E-state index in [2.05, 4.69) is 302 Å². The van der Waals surface area contributed by atoms with E-state index in [-0.39, 0.29) is 0 Å². The number of hydrogen-bond acceptors (Lipinski definition) is 4. The molecule has 11 aromatic rings. The zero-order chi connectivity index (χ0) is 51.2. The van der Waals surface area contributed by atoms with E-state index in [0.29, 0.717) is 6.42 Å². The highest BCUT2D eigenvalue weighted by atomic mass is 32.1. The van der Waals surface area contributed by atoms with Crippen molar-refractivity contribution in [3.05, 3.63) is 308 Å². The highest BCUT2D eigenvalue weighted by molar-refractivity contribution is 7.19. The fraction of sp³-hybridized carbons (Fsp3) is 0.0278. The van der Waals surface area contributed by atoms with Crippen molar-refractivity contribution in [2.75, 3.05) is 9.80 Å². The molecule has 9 aromatic carbocycles. The van der Waals surface area contributed by atoms with Crippen molar-refractivity contribution in [2.45, 2.75) is 13.3 Å². The summed E-state index contributed by atoms with van der Waals surface area (Å²) in [6.45, 7) is 6.22. The second kappa shape index (κ2) is 21.8. The van der Waals surface area contributed by atoms with Gasteiger partial charge in [0.15, 0.2) is 0 Å². The zero-order valence-corrected chi connectivity index (χ0v) is 43.9. The molecule has 0 radical (unpaired) electrons. The number of para-hydroxylation sites is 3. The lowest BCUT2D eigenvalue weighted by atomic mass is 9.82. The molecule has 0 N–H and O–H groups in total. The van der Waals surface area contributed by atoms with Crippen LogP contribution in [0.25, 0.3) is 80.9 Å². The van der Waals surface area contributed by atoms with Crippen LogP contribution in [0.15, 0.2) is 297 Å². The lowest BCUT2D eigenvalue weighted by Gasteiger charge is -2.27. The van der Waals surface area contributed by atoms with Crippen LogP contribution >= 0.6 is 22.7 Å². The van der Waals surface area contributed by atoms with Crippen LogP contribution in [0.1, 0.15) is 18.1 Å².